The molecule has 0 saturated carbocycles. The van der Waals surface area contributed by atoms with Crippen LogP contribution < -0.4 is 4.52 Å². The second-order valence-corrected chi connectivity index (χ2v) is 2.68. The lowest BCUT2D eigenvalue weighted by Crippen LogP contribution is -1.83. The first kappa shape index (κ1) is 8.84. The summed E-state index contributed by atoms with van der Waals surface area (Å²) in [6.45, 7) is 0. The minimum atomic E-state index is -2.66. The van der Waals surface area contributed by atoms with Gasteiger partial charge in [-0.15, -0.1) is 4.89 Å². The molecule has 5 heteroatoms. The van der Waals surface area contributed by atoms with E-state index >= 15 is 0 Å². The van der Waals surface area contributed by atoms with Crippen LogP contribution in [0.5, 0.6) is 5.75 Å². The number of hydrogen-bond acceptors (Lipinski definition) is 3. The molecule has 62 valence electrons. The van der Waals surface area contributed by atoms with E-state index in [4.69, 9.17) is 4.89 Å². The molecule has 0 spiro atoms. The summed E-state index contributed by atoms with van der Waals surface area (Å²) in [6, 6.07) is 6.02. The highest BCUT2D eigenvalue weighted by Crippen LogP contribution is 2.22. The van der Waals surface area contributed by atoms with Gasteiger partial charge in [0.05, 0.1) is 0 Å². The number of aldehydes is 1. The smallest absolute Gasteiger partial charge is 0.298 e. The Labute approximate surface area is 69.7 Å². The summed E-state index contributed by atoms with van der Waals surface area (Å²) >= 11 is 0. The van der Waals surface area contributed by atoms with Gasteiger partial charge in [-0.1, -0.05) is 12.1 Å². The summed E-state index contributed by atoms with van der Waals surface area (Å²) in [6.07, 6.45) is 0.636. The molecule has 0 heterocycles. The van der Waals surface area contributed by atoms with Crippen LogP contribution in [-0.4, -0.2) is 11.2 Å². The van der Waals surface area contributed by atoms with E-state index in [0.29, 0.717) is 11.8 Å². The van der Waals surface area contributed by atoms with Crippen LogP contribution in [-0.2, 0) is 4.57 Å². The molecule has 1 aromatic rings. The van der Waals surface area contributed by atoms with Gasteiger partial charge in [-0.3, -0.25) is 4.79 Å². The number of hydrogen-bond donors (Lipinski definition) is 1. The van der Waals surface area contributed by atoms with E-state index in [-0.39, 0.29) is 5.75 Å². The number of carbonyl (C=O) groups is 1. The third-order valence-electron chi connectivity index (χ3n) is 1.18. The van der Waals surface area contributed by atoms with Crippen molar-refractivity contribution in [3.8, 4) is 5.75 Å². The summed E-state index contributed by atoms with van der Waals surface area (Å²) < 4.78 is 14.7. The van der Waals surface area contributed by atoms with Gasteiger partial charge >= 0.3 is 8.25 Å². The van der Waals surface area contributed by atoms with Crippen molar-refractivity contribution in [2.75, 3.05) is 0 Å². The fourth-order valence-corrected chi connectivity index (χ4v) is 1.03. The maximum atomic E-state index is 10.3. The van der Waals surface area contributed by atoms with Gasteiger partial charge in [0.25, 0.3) is 0 Å². The van der Waals surface area contributed by atoms with Gasteiger partial charge in [-0.2, -0.15) is 0 Å². The van der Waals surface area contributed by atoms with Gasteiger partial charge in [-0.05, 0) is 12.1 Å². The lowest BCUT2D eigenvalue weighted by Gasteiger charge is -1.91. The van der Waals surface area contributed by atoms with Crippen LogP contribution in [0, 0.1) is 0 Å². The molecule has 0 aliphatic heterocycles. The number of carbonyl (C=O) groups excluding carboxylic acids is 1. The Morgan fingerprint density at radius 2 is 2.25 bits per heavy atom. The molecule has 1 N–H and O–H groups in total. The number of benzene rings is 1. The molecule has 0 saturated heterocycles. The predicted octanol–water partition coefficient (Wildman–Crippen LogP) is 1.53. The predicted molar refractivity (Wildman–Crippen MR) is 42.3 cm³/mol. The average Bonchev–Trinajstić information content (AvgIpc) is 2.03. The van der Waals surface area contributed by atoms with Crippen molar-refractivity contribution in [3.05, 3.63) is 29.8 Å². The van der Waals surface area contributed by atoms with Crippen molar-refractivity contribution in [1.82, 2.24) is 0 Å². The lowest BCUT2D eigenvalue weighted by molar-refractivity contribution is 0.112. The fourth-order valence-electron chi connectivity index (χ4n) is 0.735. The van der Waals surface area contributed by atoms with Gasteiger partial charge in [0.15, 0.2) is 5.75 Å². The summed E-state index contributed by atoms with van der Waals surface area (Å²) in [5, 5.41) is 0. The molecule has 0 fully saturated rings. The van der Waals surface area contributed by atoms with E-state index in [9.17, 15) is 9.36 Å². The van der Waals surface area contributed by atoms with Gasteiger partial charge in [0.1, 0.15) is 6.29 Å². The van der Waals surface area contributed by atoms with E-state index in [2.05, 4.69) is 4.52 Å². The first-order valence-electron chi connectivity index (χ1n) is 3.12. The molecule has 1 rings (SSSR count). The Morgan fingerprint density at radius 1 is 1.50 bits per heavy atom. The van der Waals surface area contributed by atoms with Crippen LogP contribution in [0.3, 0.4) is 0 Å². The minimum absolute atomic E-state index is 0.211. The summed E-state index contributed by atoms with van der Waals surface area (Å²) in [5.41, 5.74) is 0.407. The third kappa shape index (κ3) is 2.42. The standard InChI is InChI=1S/C7H5O4P/c8-5-6-2-1-3-7(4-6)11-12(9)10/h1-5H/p+1. The third-order valence-corrected chi connectivity index (χ3v) is 1.54. The molecule has 0 amide bonds. The van der Waals surface area contributed by atoms with E-state index in [1.807, 2.05) is 0 Å². The van der Waals surface area contributed by atoms with E-state index in [1.165, 1.54) is 12.1 Å². The Hall–Kier alpha value is -1.25. The average molecular weight is 185 g/mol. The first-order valence-corrected chi connectivity index (χ1v) is 4.25. The molecular weight excluding hydrogens is 179 g/mol. The topological polar surface area (TPSA) is 63.6 Å². The van der Waals surface area contributed by atoms with Gasteiger partial charge in [0.2, 0.25) is 0 Å². The molecule has 1 aromatic carbocycles. The maximum absolute atomic E-state index is 10.3. The van der Waals surface area contributed by atoms with E-state index < -0.39 is 8.25 Å². The maximum Gasteiger partial charge on any atom is 0.747 e. The highest BCUT2D eigenvalue weighted by Gasteiger charge is 2.13. The van der Waals surface area contributed by atoms with Crippen molar-refractivity contribution >= 4 is 14.5 Å². The number of rotatable bonds is 3. The minimum Gasteiger partial charge on any atom is -0.298 e. The largest absolute Gasteiger partial charge is 0.747 e. The summed E-state index contributed by atoms with van der Waals surface area (Å²) in [4.78, 5) is 18.6. The molecule has 1 atom stereocenters. The molecule has 4 nitrogen and oxygen atoms in total. The van der Waals surface area contributed by atoms with Gasteiger partial charge in [-0.25, -0.2) is 4.52 Å². The van der Waals surface area contributed by atoms with E-state index in [0.717, 1.165) is 0 Å². The van der Waals surface area contributed by atoms with Crippen LogP contribution in [0.15, 0.2) is 24.3 Å². The monoisotopic (exact) mass is 185 g/mol. The Kier molecular flexibility index (Phi) is 2.91. The zero-order valence-corrected chi connectivity index (χ0v) is 6.90. The second-order valence-electron chi connectivity index (χ2n) is 2.02. The Morgan fingerprint density at radius 3 is 2.83 bits per heavy atom. The molecule has 0 bridgehead atoms. The summed E-state index contributed by atoms with van der Waals surface area (Å²) in [5.74, 6) is 0.211. The van der Waals surface area contributed by atoms with Crippen molar-refractivity contribution in [2.24, 2.45) is 0 Å². The molecule has 1 unspecified atom stereocenters. The van der Waals surface area contributed by atoms with E-state index in [1.54, 1.807) is 12.1 Å². The molecule has 0 aliphatic carbocycles. The van der Waals surface area contributed by atoms with Crippen molar-refractivity contribution < 1.29 is 18.8 Å². The van der Waals surface area contributed by atoms with Gasteiger partial charge in [0, 0.05) is 10.1 Å². The zero-order chi connectivity index (χ0) is 8.97. The van der Waals surface area contributed by atoms with Crippen molar-refractivity contribution in [2.45, 2.75) is 0 Å². The SMILES string of the molecule is O=Cc1cccc(O[P+](=O)O)c1. The fraction of sp³-hybridized carbons (Fsp3) is 0. The molecule has 0 radical (unpaired) electrons. The summed E-state index contributed by atoms with van der Waals surface area (Å²) in [7, 11) is -2.66. The van der Waals surface area contributed by atoms with Crippen LogP contribution in [0.4, 0.5) is 0 Å². The molecule has 12 heavy (non-hydrogen) atoms. The quantitative estimate of drug-likeness (QED) is 0.572. The lowest BCUT2D eigenvalue weighted by atomic mass is 10.2. The van der Waals surface area contributed by atoms with Crippen molar-refractivity contribution in [3.63, 3.8) is 0 Å². The molecular formula is C7H6O4P+. The van der Waals surface area contributed by atoms with Crippen LogP contribution in [0.2, 0.25) is 0 Å². The van der Waals surface area contributed by atoms with Gasteiger partial charge < -0.3 is 0 Å². The van der Waals surface area contributed by atoms with Crippen molar-refractivity contribution in [1.29, 1.82) is 0 Å². The highest BCUT2D eigenvalue weighted by atomic mass is 31.1. The first-order chi connectivity index (χ1) is 5.72. The van der Waals surface area contributed by atoms with Crippen LogP contribution in [0.1, 0.15) is 10.4 Å². The van der Waals surface area contributed by atoms with Crippen LogP contribution in [0.25, 0.3) is 0 Å². The Balaban J connectivity index is 2.86. The normalized spacial score (nSPS) is 10.6. The molecule has 0 aliphatic rings. The van der Waals surface area contributed by atoms with Crippen LogP contribution >= 0.6 is 8.25 Å². The second kappa shape index (κ2) is 3.95. The Bertz CT molecular complexity index is 310. The zero-order valence-electron chi connectivity index (χ0n) is 6.01. The highest BCUT2D eigenvalue weighted by molar-refractivity contribution is 7.32. The molecule has 0 aromatic heterocycles.